The number of ether oxygens (including phenoxy) is 1. The van der Waals surface area contributed by atoms with Crippen LogP contribution in [0.2, 0.25) is 0 Å². The molecule has 0 saturated carbocycles. The lowest BCUT2D eigenvalue weighted by Gasteiger charge is -2.52. The van der Waals surface area contributed by atoms with E-state index in [1.165, 1.54) is 0 Å². The van der Waals surface area contributed by atoms with Crippen molar-refractivity contribution in [1.29, 1.82) is 0 Å². The van der Waals surface area contributed by atoms with Crippen molar-refractivity contribution >= 4 is 7.32 Å². The highest BCUT2D eigenvalue weighted by molar-refractivity contribution is 6.39. The number of halogens is 18. The quantitative estimate of drug-likeness (QED) is 0.0219. The molecule has 0 fully saturated rings. The summed E-state index contributed by atoms with van der Waals surface area (Å²) in [4.78, 5) is 0. The van der Waals surface area contributed by atoms with Gasteiger partial charge in [-0.3, -0.25) is 4.48 Å². The molecule has 0 N–H and O–H groups in total. The number of nitrogens with zero attached hydrogens (tertiary/aromatic N) is 1. The van der Waals surface area contributed by atoms with Crippen molar-refractivity contribution in [3.63, 3.8) is 0 Å². The van der Waals surface area contributed by atoms with E-state index in [0.29, 0.717) is 57.8 Å². The minimum atomic E-state index is -5.76. The number of unbranched alkanes of at least 4 members (excludes halogenated alkanes) is 15. The van der Waals surface area contributed by atoms with Gasteiger partial charge in [0, 0.05) is 14.0 Å². The van der Waals surface area contributed by atoms with Gasteiger partial charge in [0.1, 0.15) is 17.2 Å². The highest BCUT2D eigenvalue weighted by Gasteiger charge is 2.56. The number of alkyl halides is 18. The first-order valence-corrected chi connectivity index (χ1v) is 25.0. The van der Waals surface area contributed by atoms with Gasteiger partial charge in [0.2, 0.25) is 5.72 Å². The molecule has 75 heavy (non-hydrogen) atoms. The topological polar surface area (TPSA) is 36.9 Å². The molecule has 3 aromatic carbocycles. The average Bonchev–Trinajstić information content (AvgIpc) is 3.29. The summed E-state index contributed by atoms with van der Waals surface area (Å²) in [6.45, 7) is 7.23. The second-order valence-corrected chi connectivity index (χ2v) is 18.8. The van der Waals surface area contributed by atoms with E-state index >= 15 is 13.2 Å². The first-order valence-electron chi connectivity index (χ1n) is 25.0. The number of hydrogen-bond donors (Lipinski definition) is 0. The molecule has 3 aromatic rings. The molecule has 0 aromatic heterocycles. The molecule has 1 unspecified atom stereocenters. The molecular formula is C51H65BF18NO4+. The normalized spacial score (nSPS) is 14.0. The third-order valence-corrected chi connectivity index (χ3v) is 13.1. The van der Waals surface area contributed by atoms with Crippen molar-refractivity contribution in [3.05, 3.63) is 87.5 Å². The van der Waals surface area contributed by atoms with Gasteiger partial charge in [-0.15, -0.1) is 0 Å². The predicted octanol–water partition coefficient (Wildman–Crippen LogP) is 19.0. The van der Waals surface area contributed by atoms with Crippen molar-refractivity contribution in [2.24, 2.45) is 0 Å². The Balaban J connectivity index is 2.59. The first-order chi connectivity index (χ1) is 34.7. The summed E-state index contributed by atoms with van der Waals surface area (Å²) in [5.41, 5.74) is -16.2. The van der Waals surface area contributed by atoms with E-state index in [2.05, 4.69) is 0 Å². The minimum Gasteiger partial charge on any atom is -0.490 e. The number of rotatable bonds is 30. The first kappa shape index (κ1) is 65.1. The van der Waals surface area contributed by atoms with Crippen LogP contribution in [0.1, 0.15) is 182 Å². The van der Waals surface area contributed by atoms with Crippen molar-refractivity contribution in [3.8, 4) is 17.2 Å². The maximum atomic E-state index is 15.8. The molecule has 0 heterocycles. The molecule has 3 rings (SSSR count). The van der Waals surface area contributed by atoms with Crippen LogP contribution < -0.4 is 14.0 Å². The van der Waals surface area contributed by atoms with E-state index in [1.807, 2.05) is 20.8 Å². The summed E-state index contributed by atoms with van der Waals surface area (Å²) in [5, 5.41) is 0. The fourth-order valence-corrected chi connectivity index (χ4v) is 9.05. The van der Waals surface area contributed by atoms with Crippen LogP contribution in [0.5, 0.6) is 17.2 Å². The van der Waals surface area contributed by atoms with Crippen LogP contribution in [0.25, 0.3) is 0 Å². The maximum Gasteiger partial charge on any atom is 0.864 e. The van der Waals surface area contributed by atoms with Crippen LogP contribution in [0.15, 0.2) is 48.5 Å². The van der Waals surface area contributed by atoms with E-state index in [4.69, 9.17) is 18.7 Å². The van der Waals surface area contributed by atoms with Gasteiger partial charge >= 0.3 is 44.4 Å². The average molecular weight is 1110 g/mol. The summed E-state index contributed by atoms with van der Waals surface area (Å²) >= 11 is 0. The predicted molar refractivity (Wildman–Crippen MR) is 246 cm³/mol. The molecule has 0 spiro atoms. The Kier molecular flexibility index (Phi) is 23.8. The molecule has 0 amide bonds. The lowest BCUT2D eigenvalue weighted by atomic mass is 9.88. The Morgan fingerprint density at radius 1 is 0.373 bits per heavy atom. The molecule has 426 valence electrons. The highest BCUT2D eigenvalue weighted by atomic mass is 19.4. The van der Waals surface area contributed by atoms with Crippen LogP contribution in [0, 0.1) is 0 Å². The molecule has 0 aliphatic carbocycles. The zero-order valence-corrected chi connectivity index (χ0v) is 42.4. The standard InChI is InChI=1S/C51H65BF18NO4/c1-6-9-12-15-18-21-24-71(25-22-19-16-13-10-7-2,26-23-20-17-14-11-8-3)45(4,72-5)44-42(51(68,69)70)33-39(50(65,66)67)34-43(44)75-52(73-40-29-35(46(53,54)55)27-36(30-40)47(56,57)58)74-41-31-37(48(59,60)61)28-38(32-41)49(62,63)64/h27-34H,6-26H2,1-5H3/q+1. The smallest absolute Gasteiger partial charge is 0.490 e. The number of quaternary nitrogens is 1. The number of benzene rings is 3. The molecule has 5 nitrogen and oxygen atoms in total. The Hall–Kier alpha value is -4.22. The highest BCUT2D eigenvalue weighted by Crippen LogP contribution is 2.51. The summed E-state index contributed by atoms with van der Waals surface area (Å²) in [6, 6.07) is -1.62. The van der Waals surface area contributed by atoms with Crippen LogP contribution in [0.4, 0.5) is 79.0 Å². The monoisotopic (exact) mass is 1110 g/mol. The van der Waals surface area contributed by atoms with E-state index in [1.54, 1.807) is 0 Å². The van der Waals surface area contributed by atoms with Crippen molar-refractivity contribution in [2.75, 3.05) is 26.7 Å². The van der Waals surface area contributed by atoms with Crippen LogP contribution in [-0.4, -0.2) is 38.5 Å². The van der Waals surface area contributed by atoms with Crippen LogP contribution in [0.3, 0.4) is 0 Å². The van der Waals surface area contributed by atoms with E-state index < -0.39 is 123 Å². The molecular weight excluding hydrogens is 1040 g/mol. The second-order valence-electron chi connectivity index (χ2n) is 18.8. The maximum absolute atomic E-state index is 15.8. The molecule has 0 aliphatic heterocycles. The number of hydrogen-bond acceptors (Lipinski definition) is 4. The SMILES string of the molecule is CCCCCCCC[N+](CCCCCCCC)(CCCCCCCC)C(C)(OC)c1c(OB(Oc2cc(C(F)(F)F)cc(C(F)(F)F)c2)Oc2cc(C(F)(F)F)cc(C(F)(F)F)c2)cc(C(F)(F)F)cc1C(F)(F)F. The summed E-state index contributed by atoms with van der Waals surface area (Å²) in [5.74, 6) is -4.74. The lowest BCUT2D eigenvalue weighted by molar-refractivity contribution is -1.01. The lowest BCUT2D eigenvalue weighted by Crippen LogP contribution is -2.64. The third kappa shape index (κ3) is 19.3. The van der Waals surface area contributed by atoms with Crippen molar-refractivity contribution < 1.29 is 102 Å². The molecule has 0 radical (unpaired) electrons. The summed E-state index contributed by atoms with van der Waals surface area (Å²) in [7, 11) is -2.37. The summed E-state index contributed by atoms with van der Waals surface area (Å²) < 4.78 is 283. The summed E-state index contributed by atoms with van der Waals surface area (Å²) in [6.07, 6.45) is -21.5. The molecule has 1 atom stereocenters. The number of methoxy groups -OCH3 is 1. The Bertz CT molecular complexity index is 2020. The Morgan fingerprint density at radius 2 is 0.667 bits per heavy atom. The van der Waals surface area contributed by atoms with Gasteiger partial charge < -0.3 is 18.7 Å². The van der Waals surface area contributed by atoms with Gasteiger partial charge in [-0.1, -0.05) is 97.8 Å². The van der Waals surface area contributed by atoms with Crippen LogP contribution in [-0.2, 0) is 47.5 Å². The molecule has 0 saturated heterocycles. The second kappa shape index (κ2) is 27.4. The van der Waals surface area contributed by atoms with Crippen molar-refractivity contribution in [2.45, 2.75) is 186 Å². The Labute approximate surface area is 426 Å². The van der Waals surface area contributed by atoms with Gasteiger partial charge in [0.05, 0.1) is 58.6 Å². The zero-order valence-electron chi connectivity index (χ0n) is 42.4. The molecule has 24 heteroatoms. The molecule has 0 aliphatic rings. The van der Waals surface area contributed by atoms with Gasteiger partial charge in [0.15, 0.2) is 0 Å². The van der Waals surface area contributed by atoms with E-state index in [9.17, 15) is 65.9 Å². The van der Waals surface area contributed by atoms with Gasteiger partial charge in [-0.2, -0.15) is 79.0 Å². The fraction of sp³-hybridized carbons (Fsp3) is 0.647. The minimum absolute atomic E-state index is 0.0168. The van der Waals surface area contributed by atoms with Crippen molar-refractivity contribution in [1.82, 2.24) is 0 Å². The van der Waals surface area contributed by atoms with Gasteiger partial charge in [0.25, 0.3) is 0 Å². The van der Waals surface area contributed by atoms with E-state index in [-0.39, 0.29) is 56.0 Å². The molecule has 0 bridgehead atoms. The van der Waals surface area contributed by atoms with Gasteiger partial charge in [-0.25, -0.2) is 0 Å². The largest absolute Gasteiger partial charge is 0.864 e. The van der Waals surface area contributed by atoms with Crippen LogP contribution >= 0.6 is 0 Å². The third-order valence-electron chi connectivity index (χ3n) is 13.1. The zero-order chi connectivity index (χ0) is 56.7. The Morgan fingerprint density at radius 3 is 0.947 bits per heavy atom. The van der Waals surface area contributed by atoms with Gasteiger partial charge in [-0.05, 0) is 87.1 Å². The fourth-order valence-electron chi connectivity index (χ4n) is 9.05. The van der Waals surface area contributed by atoms with E-state index in [0.717, 1.165) is 71.8 Å².